The number of hydrogen-bond acceptors (Lipinski definition) is 6. The number of para-hydroxylation sites is 1. The van der Waals surface area contributed by atoms with Crippen LogP contribution in [-0.2, 0) is 0 Å². The summed E-state index contributed by atoms with van der Waals surface area (Å²) in [6, 6.07) is 23.7. The number of thioether (sulfide) groups is 1. The molecule has 0 unspecified atom stereocenters. The van der Waals surface area contributed by atoms with Crippen molar-refractivity contribution in [2.75, 3.05) is 5.75 Å². The number of ketones is 1. The number of halogens is 1. The maximum Gasteiger partial charge on any atom is 0.277 e. The maximum atomic E-state index is 12.4. The Morgan fingerprint density at radius 3 is 2.45 bits per heavy atom. The van der Waals surface area contributed by atoms with Crippen molar-refractivity contribution in [3.8, 4) is 23.0 Å². The second kappa shape index (κ2) is 8.94. The van der Waals surface area contributed by atoms with Crippen molar-refractivity contribution in [1.82, 2.24) is 10.2 Å². The zero-order valence-electron chi connectivity index (χ0n) is 15.1. The number of Topliss-reactive ketones (excluding diaryl/α,β-unsaturated/α-hetero) is 1. The van der Waals surface area contributed by atoms with Gasteiger partial charge >= 0.3 is 0 Å². The molecule has 0 aliphatic heterocycles. The zero-order valence-corrected chi connectivity index (χ0v) is 16.7. The highest BCUT2D eigenvalue weighted by molar-refractivity contribution is 7.99. The van der Waals surface area contributed by atoms with Gasteiger partial charge < -0.3 is 9.15 Å². The van der Waals surface area contributed by atoms with Crippen LogP contribution in [0.4, 0.5) is 0 Å². The Kier molecular flexibility index (Phi) is 5.93. The standard InChI is InChI=1S/C22H15ClN2O3S/c23-17-6-4-5-16(13-17)21-24-25-22(28-21)29-14-20(26)15-9-11-19(12-10-15)27-18-7-2-1-3-8-18/h1-13H,14H2. The average Bonchev–Trinajstić information content (AvgIpc) is 3.22. The third kappa shape index (κ3) is 5.04. The molecule has 144 valence electrons. The summed E-state index contributed by atoms with van der Waals surface area (Å²) in [7, 11) is 0. The molecule has 4 aromatic rings. The van der Waals surface area contributed by atoms with E-state index in [9.17, 15) is 4.79 Å². The quantitative estimate of drug-likeness (QED) is 0.262. The number of nitrogens with zero attached hydrogens (tertiary/aromatic N) is 2. The number of benzene rings is 3. The number of hydrogen-bond donors (Lipinski definition) is 0. The van der Waals surface area contributed by atoms with E-state index in [1.165, 1.54) is 11.8 Å². The molecule has 0 aliphatic rings. The van der Waals surface area contributed by atoms with E-state index in [-0.39, 0.29) is 11.5 Å². The van der Waals surface area contributed by atoms with Crippen molar-refractivity contribution in [2.24, 2.45) is 0 Å². The molecule has 3 aromatic carbocycles. The fourth-order valence-corrected chi connectivity index (χ4v) is 3.40. The fraction of sp³-hybridized carbons (Fsp3) is 0.0455. The summed E-state index contributed by atoms with van der Waals surface area (Å²) < 4.78 is 11.3. The van der Waals surface area contributed by atoms with Crippen molar-refractivity contribution in [1.29, 1.82) is 0 Å². The topological polar surface area (TPSA) is 65.2 Å². The van der Waals surface area contributed by atoms with Gasteiger partial charge in [0.15, 0.2) is 5.78 Å². The Bertz CT molecular complexity index is 1110. The predicted octanol–water partition coefficient (Wildman–Crippen LogP) is 6.16. The highest BCUT2D eigenvalue weighted by Crippen LogP contribution is 2.26. The number of ether oxygens (including phenoxy) is 1. The molecule has 0 saturated carbocycles. The minimum absolute atomic E-state index is 0.0382. The first kappa shape index (κ1) is 19.2. The Morgan fingerprint density at radius 1 is 0.931 bits per heavy atom. The van der Waals surface area contributed by atoms with Gasteiger partial charge in [0.25, 0.3) is 5.22 Å². The van der Waals surface area contributed by atoms with Crippen LogP contribution < -0.4 is 4.74 Å². The Morgan fingerprint density at radius 2 is 1.69 bits per heavy atom. The maximum absolute atomic E-state index is 12.4. The molecule has 0 fully saturated rings. The molecule has 0 spiro atoms. The van der Waals surface area contributed by atoms with Crippen molar-refractivity contribution in [3.63, 3.8) is 0 Å². The van der Waals surface area contributed by atoms with Crippen LogP contribution in [0.3, 0.4) is 0 Å². The lowest BCUT2D eigenvalue weighted by molar-refractivity contribution is 0.102. The van der Waals surface area contributed by atoms with Gasteiger partial charge in [-0.2, -0.15) is 0 Å². The normalized spacial score (nSPS) is 10.7. The molecule has 5 nitrogen and oxygen atoms in total. The van der Waals surface area contributed by atoms with Gasteiger partial charge in [-0.05, 0) is 54.6 Å². The second-order valence-electron chi connectivity index (χ2n) is 6.03. The summed E-state index contributed by atoms with van der Waals surface area (Å²) in [6.07, 6.45) is 0. The van der Waals surface area contributed by atoms with E-state index in [4.69, 9.17) is 20.8 Å². The van der Waals surface area contributed by atoms with Crippen molar-refractivity contribution < 1.29 is 13.9 Å². The number of rotatable bonds is 7. The minimum atomic E-state index is -0.0382. The van der Waals surface area contributed by atoms with E-state index in [0.717, 1.165) is 11.3 Å². The molecule has 29 heavy (non-hydrogen) atoms. The molecule has 1 aromatic heterocycles. The molecule has 0 bridgehead atoms. The van der Waals surface area contributed by atoms with Crippen LogP contribution in [-0.4, -0.2) is 21.7 Å². The van der Waals surface area contributed by atoms with Gasteiger partial charge in [-0.1, -0.05) is 47.6 Å². The Balaban J connectivity index is 1.35. The lowest BCUT2D eigenvalue weighted by Gasteiger charge is -2.06. The first-order chi connectivity index (χ1) is 14.2. The van der Waals surface area contributed by atoms with E-state index < -0.39 is 0 Å². The molecule has 1 heterocycles. The van der Waals surface area contributed by atoms with Gasteiger partial charge in [0, 0.05) is 16.1 Å². The molecule has 0 amide bonds. The molecule has 0 radical (unpaired) electrons. The summed E-state index contributed by atoms with van der Waals surface area (Å²) in [5.74, 6) is 1.93. The molecule has 0 atom stereocenters. The van der Waals surface area contributed by atoms with E-state index in [1.807, 2.05) is 42.5 Å². The molecular formula is C22H15ClN2O3S. The molecule has 4 rings (SSSR count). The van der Waals surface area contributed by atoms with E-state index in [2.05, 4.69) is 10.2 Å². The smallest absolute Gasteiger partial charge is 0.277 e. The summed E-state index contributed by atoms with van der Waals surface area (Å²) >= 11 is 7.18. The summed E-state index contributed by atoms with van der Waals surface area (Å²) in [4.78, 5) is 12.4. The molecule has 0 N–H and O–H groups in total. The first-order valence-electron chi connectivity index (χ1n) is 8.76. The van der Waals surface area contributed by atoms with E-state index in [1.54, 1.807) is 36.4 Å². The third-order valence-corrected chi connectivity index (χ3v) is 5.01. The highest BCUT2D eigenvalue weighted by Gasteiger charge is 2.13. The van der Waals surface area contributed by atoms with Gasteiger partial charge in [-0.25, -0.2) is 0 Å². The number of carbonyl (C=O) groups excluding carboxylic acids is 1. The summed E-state index contributed by atoms with van der Waals surface area (Å²) in [5, 5.41) is 8.90. The lowest BCUT2D eigenvalue weighted by atomic mass is 10.1. The van der Waals surface area contributed by atoms with E-state index in [0.29, 0.717) is 27.4 Å². The van der Waals surface area contributed by atoms with Crippen LogP contribution >= 0.6 is 23.4 Å². The van der Waals surface area contributed by atoms with Gasteiger partial charge in [0.05, 0.1) is 5.75 Å². The highest BCUT2D eigenvalue weighted by atomic mass is 35.5. The third-order valence-electron chi connectivity index (χ3n) is 3.96. The van der Waals surface area contributed by atoms with Gasteiger partial charge in [-0.3, -0.25) is 4.79 Å². The minimum Gasteiger partial charge on any atom is -0.457 e. The van der Waals surface area contributed by atoms with Crippen LogP contribution in [0, 0.1) is 0 Å². The Labute approximate surface area is 176 Å². The van der Waals surface area contributed by atoms with Crippen molar-refractivity contribution >= 4 is 29.1 Å². The molecule has 0 aliphatic carbocycles. The summed E-state index contributed by atoms with van der Waals surface area (Å²) in [5.41, 5.74) is 1.32. The van der Waals surface area contributed by atoms with Crippen LogP contribution in [0.5, 0.6) is 11.5 Å². The Hall–Kier alpha value is -3.09. The number of carbonyl (C=O) groups is 1. The van der Waals surface area contributed by atoms with Crippen LogP contribution in [0.25, 0.3) is 11.5 Å². The first-order valence-corrected chi connectivity index (χ1v) is 10.1. The van der Waals surface area contributed by atoms with Gasteiger partial charge in [0.2, 0.25) is 5.89 Å². The van der Waals surface area contributed by atoms with Crippen molar-refractivity contribution in [2.45, 2.75) is 5.22 Å². The largest absolute Gasteiger partial charge is 0.457 e. The summed E-state index contributed by atoms with van der Waals surface area (Å²) in [6.45, 7) is 0. The number of aromatic nitrogens is 2. The molecule has 0 saturated heterocycles. The van der Waals surface area contributed by atoms with Crippen LogP contribution in [0.15, 0.2) is 88.5 Å². The van der Waals surface area contributed by atoms with Gasteiger partial charge in [0.1, 0.15) is 11.5 Å². The SMILES string of the molecule is O=C(CSc1nnc(-c2cccc(Cl)c2)o1)c1ccc(Oc2ccccc2)cc1. The molecule has 7 heteroatoms. The van der Waals surface area contributed by atoms with Crippen LogP contribution in [0.2, 0.25) is 5.02 Å². The van der Waals surface area contributed by atoms with Gasteiger partial charge in [-0.15, -0.1) is 10.2 Å². The van der Waals surface area contributed by atoms with E-state index >= 15 is 0 Å². The zero-order chi connectivity index (χ0) is 20.1. The van der Waals surface area contributed by atoms with Crippen LogP contribution in [0.1, 0.15) is 10.4 Å². The van der Waals surface area contributed by atoms with Crippen molar-refractivity contribution in [3.05, 3.63) is 89.4 Å². The predicted molar refractivity (Wildman–Crippen MR) is 113 cm³/mol. The lowest BCUT2D eigenvalue weighted by Crippen LogP contribution is -2.02. The average molecular weight is 423 g/mol. The second-order valence-corrected chi connectivity index (χ2v) is 7.40. The molecular weight excluding hydrogens is 408 g/mol. The fourth-order valence-electron chi connectivity index (χ4n) is 2.55. The monoisotopic (exact) mass is 422 g/mol.